The third-order valence-corrected chi connectivity index (χ3v) is 3.06. The molecule has 1 heterocycles. The number of carbonyl (C=O) groups excluding carboxylic acids is 1. The van der Waals surface area contributed by atoms with Gasteiger partial charge in [0.15, 0.2) is 0 Å². The number of nitrogens with one attached hydrogen (secondary N) is 2. The normalized spacial score (nSPS) is 19.9. The molecule has 0 unspecified atom stereocenters. The lowest BCUT2D eigenvalue weighted by atomic mass is 10.1. The van der Waals surface area contributed by atoms with E-state index in [-0.39, 0.29) is 5.91 Å². The Balaban J connectivity index is 2.01. The fourth-order valence-electron chi connectivity index (χ4n) is 2.05. The Morgan fingerprint density at radius 1 is 1.13 bits per heavy atom. The summed E-state index contributed by atoms with van der Waals surface area (Å²) < 4.78 is 0. The molecule has 1 saturated carbocycles. The summed E-state index contributed by atoms with van der Waals surface area (Å²) in [4.78, 5) is 11.7. The summed E-state index contributed by atoms with van der Waals surface area (Å²) in [6.07, 6.45) is 2.59. The highest BCUT2D eigenvalue weighted by Crippen LogP contribution is 2.41. The smallest absolute Gasteiger partial charge is 0.253 e. The molecule has 3 heteroatoms. The minimum absolute atomic E-state index is 0.0392. The van der Waals surface area contributed by atoms with Gasteiger partial charge < -0.3 is 10.6 Å². The van der Waals surface area contributed by atoms with E-state index >= 15 is 0 Å². The van der Waals surface area contributed by atoms with Gasteiger partial charge in [-0.05, 0) is 36.5 Å². The molecule has 1 fully saturated rings. The third kappa shape index (κ3) is 1.58. The Kier molecular flexibility index (Phi) is 1.91. The maximum atomic E-state index is 11.7. The molecule has 1 amide bonds. The number of hydrogen-bond acceptors (Lipinski definition) is 2. The van der Waals surface area contributed by atoms with Crippen LogP contribution < -0.4 is 10.6 Å². The van der Waals surface area contributed by atoms with Crippen LogP contribution in [0.15, 0.2) is 18.2 Å². The second-order valence-corrected chi connectivity index (χ2v) is 4.26. The Bertz CT molecular complexity index is 410. The van der Waals surface area contributed by atoms with E-state index in [1.165, 1.54) is 18.4 Å². The first-order chi connectivity index (χ1) is 7.34. The lowest BCUT2D eigenvalue weighted by Gasteiger charge is -2.08. The molecular weight excluding hydrogens is 188 g/mol. The highest BCUT2D eigenvalue weighted by Gasteiger charge is 2.25. The van der Waals surface area contributed by atoms with Crippen molar-refractivity contribution in [2.24, 2.45) is 0 Å². The molecule has 0 atom stereocenters. The van der Waals surface area contributed by atoms with Crippen LogP contribution in [-0.2, 0) is 0 Å². The van der Waals surface area contributed by atoms with Gasteiger partial charge in [-0.15, -0.1) is 0 Å². The van der Waals surface area contributed by atoms with Crippen LogP contribution in [0.25, 0.3) is 0 Å². The van der Waals surface area contributed by atoms with Crippen molar-refractivity contribution in [1.82, 2.24) is 5.32 Å². The zero-order valence-electron chi connectivity index (χ0n) is 8.55. The van der Waals surface area contributed by atoms with Crippen LogP contribution in [0.1, 0.15) is 34.7 Å². The summed E-state index contributed by atoms with van der Waals surface area (Å²) in [6, 6.07) is 6.16. The second-order valence-electron chi connectivity index (χ2n) is 4.26. The molecule has 0 bridgehead atoms. The molecule has 0 spiro atoms. The van der Waals surface area contributed by atoms with Gasteiger partial charge in [-0.25, -0.2) is 0 Å². The van der Waals surface area contributed by atoms with Crippen LogP contribution in [0.5, 0.6) is 0 Å². The van der Waals surface area contributed by atoms with Gasteiger partial charge in [0.2, 0.25) is 0 Å². The molecule has 2 aliphatic rings. The standard InChI is InChI=1S/C12H14N2O/c15-12-10-4-3-9(8-1-2-8)7-11(10)13-5-6-14-12/h3-4,7-8,13H,1-2,5-6H2,(H,14,15). The van der Waals surface area contributed by atoms with E-state index in [2.05, 4.69) is 22.8 Å². The largest absolute Gasteiger partial charge is 0.383 e. The zero-order valence-corrected chi connectivity index (χ0v) is 8.55. The van der Waals surface area contributed by atoms with Gasteiger partial charge in [0.25, 0.3) is 5.91 Å². The first-order valence-corrected chi connectivity index (χ1v) is 5.50. The summed E-state index contributed by atoms with van der Waals surface area (Å²) >= 11 is 0. The maximum Gasteiger partial charge on any atom is 0.253 e. The van der Waals surface area contributed by atoms with Gasteiger partial charge >= 0.3 is 0 Å². The lowest BCUT2D eigenvalue weighted by Crippen LogP contribution is -2.24. The minimum Gasteiger partial charge on any atom is -0.383 e. The number of anilines is 1. The molecular formula is C12H14N2O. The summed E-state index contributed by atoms with van der Waals surface area (Å²) in [7, 11) is 0. The average molecular weight is 202 g/mol. The summed E-state index contributed by atoms with van der Waals surface area (Å²) in [5, 5.41) is 6.16. The van der Waals surface area contributed by atoms with Crippen LogP contribution in [0.2, 0.25) is 0 Å². The molecule has 1 aliphatic carbocycles. The number of benzene rings is 1. The highest BCUT2D eigenvalue weighted by molar-refractivity contribution is 6.00. The van der Waals surface area contributed by atoms with Crippen molar-refractivity contribution in [3.63, 3.8) is 0 Å². The molecule has 2 N–H and O–H groups in total. The molecule has 0 saturated heterocycles. The first kappa shape index (κ1) is 8.77. The monoisotopic (exact) mass is 202 g/mol. The van der Waals surface area contributed by atoms with Crippen molar-refractivity contribution >= 4 is 11.6 Å². The Morgan fingerprint density at radius 3 is 2.73 bits per heavy atom. The molecule has 0 radical (unpaired) electrons. The van der Waals surface area contributed by atoms with E-state index in [0.717, 1.165) is 23.7 Å². The topological polar surface area (TPSA) is 41.1 Å². The van der Waals surface area contributed by atoms with Crippen molar-refractivity contribution in [2.45, 2.75) is 18.8 Å². The van der Waals surface area contributed by atoms with E-state index in [1.807, 2.05) is 6.07 Å². The predicted octanol–water partition coefficient (Wildman–Crippen LogP) is 1.72. The number of rotatable bonds is 1. The number of carbonyl (C=O) groups is 1. The van der Waals surface area contributed by atoms with Crippen molar-refractivity contribution < 1.29 is 4.79 Å². The molecule has 1 aromatic carbocycles. The summed E-state index contributed by atoms with van der Waals surface area (Å²) in [5.41, 5.74) is 3.14. The molecule has 3 rings (SSSR count). The van der Waals surface area contributed by atoms with Gasteiger partial charge in [0.05, 0.1) is 5.56 Å². The van der Waals surface area contributed by atoms with Gasteiger partial charge in [0, 0.05) is 18.8 Å². The van der Waals surface area contributed by atoms with E-state index in [9.17, 15) is 4.79 Å². The van der Waals surface area contributed by atoms with Gasteiger partial charge in [-0.2, -0.15) is 0 Å². The van der Waals surface area contributed by atoms with E-state index in [4.69, 9.17) is 0 Å². The van der Waals surface area contributed by atoms with Crippen molar-refractivity contribution in [3.05, 3.63) is 29.3 Å². The molecule has 0 aromatic heterocycles. The quantitative estimate of drug-likeness (QED) is 0.728. The van der Waals surface area contributed by atoms with Gasteiger partial charge in [-0.3, -0.25) is 4.79 Å². The number of amides is 1. The average Bonchev–Trinajstić information content (AvgIpc) is 3.06. The fourth-order valence-corrected chi connectivity index (χ4v) is 2.05. The Morgan fingerprint density at radius 2 is 1.93 bits per heavy atom. The van der Waals surface area contributed by atoms with E-state index in [1.54, 1.807) is 0 Å². The number of fused-ring (bicyclic) bond motifs is 1. The second kappa shape index (κ2) is 3.26. The molecule has 15 heavy (non-hydrogen) atoms. The zero-order chi connectivity index (χ0) is 10.3. The summed E-state index contributed by atoms with van der Waals surface area (Å²) in [6.45, 7) is 1.51. The van der Waals surface area contributed by atoms with Crippen LogP contribution >= 0.6 is 0 Å². The van der Waals surface area contributed by atoms with Crippen LogP contribution in [0.3, 0.4) is 0 Å². The van der Waals surface area contributed by atoms with Gasteiger partial charge in [0.1, 0.15) is 0 Å². The molecule has 1 aliphatic heterocycles. The van der Waals surface area contributed by atoms with Crippen LogP contribution in [-0.4, -0.2) is 19.0 Å². The SMILES string of the molecule is O=C1NCCNc2cc(C3CC3)ccc21. The fraction of sp³-hybridized carbons (Fsp3) is 0.417. The minimum atomic E-state index is 0.0392. The van der Waals surface area contributed by atoms with Crippen molar-refractivity contribution in [1.29, 1.82) is 0 Å². The van der Waals surface area contributed by atoms with Crippen LogP contribution in [0.4, 0.5) is 5.69 Å². The Labute approximate surface area is 88.9 Å². The number of hydrogen-bond donors (Lipinski definition) is 2. The third-order valence-electron chi connectivity index (χ3n) is 3.06. The van der Waals surface area contributed by atoms with Gasteiger partial charge in [-0.1, -0.05) is 6.07 Å². The van der Waals surface area contributed by atoms with Crippen molar-refractivity contribution in [2.75, 3.05) is 18.4 Å². The lowest BCUT2D eigenvalue weighted by molar-refractivity contribution is 0.0958. The van der Waals surface area contributed by atoms with E-state index in [0.29, 0.717) is 6.54 Å². The molecule has 78 valence electrons. The highest BCUT2D eigenvalue weighted by atomic mass is 16.1. The first-order valence-electron chi connectivity index (χ1n) is 5.50. The predicted molar refractivity (Wildman–Crippen MR) is 59.2 cm³/mol. The van der Waals surface area contributed by atoms with Crippen molar-refractivity contribution in [3.8, 4) is 0 Å². The Hall–Kier alpha value is -1.51. The summed E-state index contributed by atoms with van der Waals surface area (Å²) in [5.74, 6) is 0.778. The van der Waals surface area contributed by atoms with Crippen LogP contribution in [0, 0.1) is 0 Å². The van der Waals surface area contributed by atoms with E-state index < -0.39 is 0 Å². The molecule has 3 nitrogen and oxygen atoms in total. The maximum absolute atomic E-state index is 11.7. The molecule has 1 aromatic rings.